The number of aryl methyl sites for hydroxylation is 1. The Morgan fingerprint density at radius 3 is 2.93 bits per heavy atom. The Balaban J connectivity index is 1.80. The van der Waals surface area contributed by atoms with Gasteiger partial charge in [0.05, 0.1) is 6.10 Å². The predicted octanol–water partition coefficient (Wildman–Crippen LogP) is 1.96. The molecule has 15 heavy (non-hydrogen) atoms. The Morgan fingerprint density at radius 1 is 1.47 bits per heavy atom. The van der Waals surface area contributed by atoms with Gasteiger partial charge in [0, 0.05) is 12.7 Å². The number of rotatable bonds is 3. The normalized spacial score (nSPS) is 25.5. The van der Waals surface area contributed by atoms with Crippen LogP contribution in [0, 0.1) is 12.8 Å². The molecule has 1 aromatic rings. The smallest absolute Gasteiger partial charge is 0.125 e. The fraction of sp³-hybridized carbons (Fsp3) is 0.583. The number of aliphatic hydroxyl groups excluding tert-OH is 1. The van der Waals surface area contributed by atoms with Crippen LogP contribution in [-0.4, -0.2) is 22.7 Å². The third-order valence-electron chi connectivity index (χ3n) is 3.00. The lowest BCUT2D eigenvalue weighted by Crippen LogP contribution is -2.13. The van der Waals surface area contributed by atoms with Crippen LogP contribution in [0.25, 0.3) is 0 Å². The van der Waals surface area contributed by atoms with Gasteiger partial charge in [0.25, 0.3) is 0 Å². The highest BCUT2D eigenvalue weighted by Crippen LogP contribution is 2.25. The van der Waals surface area contributed by atoms with Crippen molar-refractivity contribution < 1.29 is 5.11 Å². The molecule has 1 heterocycles. The molecule has 1 aliphatic carbocycles. The Morgan fingerprint density at radius 2 is 2.33 bits per heavy atom. The van der Waals surface area contributed by atoms with Gasteiger partial charge in [0.1, 0.15) is 5.82 Å². The second-order valence-electron chi connectivity index (χ2n) is 4.43. The molecular weight excluding hydrogens is 188 g/mol. The van der Waals surface area contributed by atoms with Crippen LogP contribution < -0.4 is 5.32 Å². The molecule has 2 N–H and O–H groups in total. The molecule has 82 valence electrons. The summed E-state index contributed by atoms with van der Waals surface area (Å²) in [5.74, 6) is 1.53. The van der Waals surface area contributed by atoms with Crippen LogP contribution in [0.5, 0.6) is 0 Å². The summed E-state index contributed by atoms with van der Waals surface area (Å²) in [5.41, 5.74) is 1.18. The lowest BCUT2D eigenvalue weighted by atomic mass is 10.1. The molecule has 1 saturated carbocycles. The molecule has 1 aliphatic rings. The van der Waals surface area contributed by atoms with Gasteiger partial charge in [-0.1, -0.05) is 6.07 Å². The van der Waals surface area contributed by atoms with Gasteiger partial charge in [-0.2, -0.15) is 0 Å². The van der Waals surface area contributed by atoms with Crippen LogP contribution in [0.3, 0.4) is 0 Å². The van der Waals surface area contributed by atoms with Crippen LogP contribution in [0.4, 0.5) is 5.82 Å². The monoisotopic (exact) mass is 206 g/mol. The average Bonchev–Trinajstić information content (AvgIpc) is 2.64. The highest BCUT2D eigenvalue weighted by molar-refractivity contribution is 5.35. The van der Waals surface area contributed by atoms with Crippen LogP contribution in [-0.2, 0) is 0 Å². The molecule has 2 rings (SSSR count). The van der Waals surface area contributed by atoms with E-state index in [2.05, 4.69) is 16.4 Å². The SMILES string of the molecule is Cc1ccc(NCC2CCC(O)C2)nc1. The molecule has 2 unspecified atom stereocenters. The number of nitrogens with zero attached hydrogens (tertiary/aromatic N) is 1. The Labute approximate surface area is 90.5 Å². The summed E-state index contributed by atoms with van der Waals surface area (Å²) < 4.78 is 0. The van der Waals surface area contributed by atoms with Gasteiger partial charge in [-0.15, -0.1) is 0 Å². The van der Waals surface area contributed by atoms with E-state index in [9.17, 15) is 5.11 Å². The molecule has 1 fully saturated rings. The van der Waals surface area contributed by atoms with Crippen molar-refractivity contribution in [3.05, 3.63) is 23.9 Å². The summed E-state index contributed by atoms with van der Waals surface area (Å²) >= 11 is 0. The molecule has 0 bridgehead atoms. The van der Waals surface area contributed by atoms with Crippen LogP contribution in [0.1, 0.15) is 24.8 Å². The minimum atomic E-state index is -0.0808. The van der Waals surface area contributed by atoms with Crippen molar-refractivity contribution in [2.75, 3.05) is 11.9 Å². The van der Waals surface area contributed by atoms with Crippen molar-refractivity contribution in [1.82, 2.24) is 4.98 Å². The first-order valence-electron chi connectivity index (χ1n) is 5.58. The molecule has 0 aromatic carbocycles. The van der Waals surface area contributed by atoms with Gasteiger partial charge in [0.15, 0.2) is 0 Å². The molecule has 3 heteroatoms. The predicted molar refractivity (Wildman–Crippen MR) is 60.8 cm³/mol. The third-order valence-corrected chi connectivity index (χ3v) is 3.00. The number of hydrogen-bond acceptors (Lipinski definition) is 3. The molecule has 0 radical (unpaired) electrons. The van der Waals surface area contributed by atoms with Gasteiger partial charge in [-0.05, 0) is 43.7 Å². The maximum atomic E-state index is 9.39. The van der Waals surface area contributed by atoms with E-state index in [4.69, 9.17) is 0 Å². The lowest BCUT2D eigenvalue weighted by Gasteiger charge is -2.11. The van der Waals surface area contributed by atoms with Crippen LogP contribution >= 0.6 is 0 Å². The molecule has 2 atom stereocenters. The van der Waals surface area contributed by atoms with E-state index in [1.807, 2.05) is 19.2 Å². The number of anilines is 1. The fourth-order valence-corrected chi connectivity index (χ4v) is 2.06. The maximum Gasteiger partial charge on any atom is 0.125 e. The van der Waals surface area contributed by atoms with E-state index in [0.29, 0.717) is 5.92 Å². The summed E-state index contributed by atoms with van der Waals surface area (Å²) in [7, 11) is 0. The summed E-state index contributed by atoms with van der Waals surface area (Å²) in [4.78, 5) is 4.28. The number of pyridine rings is 1. The minimum absolute atomic E-state index is 0.0808. The first-order valence-corrected chi connectivity index (χ1v) is 5.58. The molecule has 1 aromatic heterocycles. The Kier molecular flexibility index (Phi) is 3.21. The third kappa shape index (κ3) is 2.93. The molecular formula is C12H18N2O. The van der Waals surface area contributed by atoms with E-state index in [-0.39, 0.29) is 6.10 Å². The Hall–Kier alpha value is -1.09. The van der Waals surface area contributed by atoms with Crippen molar-refractivity contribution in [1.29, 1.82) is 0 Å². The molecule has 0 spiro atoms. The van der Waals surface area contributed by atoms with Gasteiger partial charge in [-0.3, -0.25) is 0 Å². The van der Waals surface area contributed by atoms with Crippen molar-refractivity contribution >= 4 is 5.82 Å². The summed E-state index contributed by atoms with van der Waals surface area (Å²) in [6.07, 6.45) is 4.79. The van der Waals surface area contributed by atoms with E-state index in [1.54, 1.807) is 0 Å². The summed E-state index contributed by atoms with van der Waals surface area (Å²) in [6, 6.07) is 4.06. The summed E-state index contributed by atoms with van der Waals surface area (Å²) in [6.45, 7) is 2.96. The quantitative estimate of drug-likeness (QED) is 0.794. The van der Waals surface area contributed by atoms with Gasteiger partial charge in [0.2, 0.25) is 0 Å². The molecule has 0 saturated heterocycles. The molecule has 3 nitrogen and oxygen atoms in total. The zero-order valence-corrected chi connectivity index (χ0v) is 9.11. The van der Waals surface area contributed by atoms with E-state index in [1.165, 1.54) is 5.56 Å². The zero-order valence-electron chi connectivity index (χ0n) is 9.11. The van der Waals surface area contributed by atoms with Crippen LogP contribution in [0.15, 0.2) is 18.3 Å². The van der Waals surface area contributed by atoms with Gasteiger partial charge in [-0.25, -0.2) is 4.98 Å². The highest BCUT2D eigenvalue weighted by Gasteiger charge is 2.22. The van der Waals surface area contributed by atoms with E-state index >= 15 is 0 Å². The number of nitrogens with one attached hydrogen (secondary N) is 1. The summed E-state index contributed by atoms with van der Waals surface area (Å²) in [5, 5.41) is 12.7. The van der Waals surface area contributed by atoms with Gasteiger partial charge < -0.3 is 10.4 Å². The second kappa shape index (κ2) is 4.62. The topological polar surface area (TPSA) is 45.1 Å². The highest BCUT2D eigenvalue weighted by atomic mass is 16.3. The largest absolute Gasteiger partial charge is 0.393 e. The first-order chi connectivity index (χ1) is 7.24. The van der Waals surface area contributed by atoms with Crippen molar-refractivity contribution in [3.8, 4) is 0 Å². The van der Waals surface area contributed by atoms with E-state index in [0.717, 1.165) is 31.6 Å². The molecule has 0 amide bonds. The standard InChI is InChI=1S/C12H18N2O/c1-9-2-5-12(13-7-9)14-8-10-3-4-11(15)6-10/h2,5,7,10-11,15H,3-4,6,8H2,1H3,(H,13,14). The molecule has 0 aliphatic heterocycles. The number of aliphatic hydroxyl groups is 1. The maximum absolute atomic E-state index is 9.39. The second-order valence-corrected chi connectivity index (χ2v) is 4.43. The first kappa shape index (κ1) is 10.4. The minimum Gasteiger partial charge on any atom is -0.393 e. The number of aromatic nitrogens is 1. The van der Waals surface area contributed by atoms with Gasteiger partial charge >= 0.3 is 0 Å². The van der Waals surface area contributed by atoms with Crippen molar-refractivity contribution in [3.63, 3.8) is 0 Å². The van der Waals surface area contributed by atoms with Crippen LogP contribution in [0.2, 0.25) is 0 Å². The fourth-order valence-electron chi connectivity index (χ4n) is 2.06. The number of hydrogen-bond donors (Lipinski definition) is 2. The van der Waals surface area contributed by atoms with Crippen molar-refractivity contribution in [2.24, 2.45) is 5.92 Å². The van der Waals surface area contributed by atoms with Crippen molar-refractivity contribution in [2.45, 2.75) is 32.3 Å². The average molecular weight is 206 g/mol. The van der Waals surface area contributed by atoms with E-state index < -0.39 is 0 Å². The Bertz CT molecular complexity index is 310. The zero-order chi connectivity index (χ0) is 10.7. The lowest BCUT2D eigenvalue weighted by molar-refractivity contribution is 0.178.